The molecule has 0 saturated carbocycles. The van der Waals surface area contributed by atoms with E-state index in [9.17, 15) is 0 Å². The molecule has 3 heteroatoms. The van der Waals surface area contributed by atoms with Gasteiger partial charge in [-0.1, -0.05) is 13.8 Å². The third kappa shape index (κ3) is 4.42. The fourth-order valence-electron chi connectivity index (χ4n) is 2.80. The minimum atomic E-state index is 0.235. The highest BCUT2D eigenvalue weighted by Gasteiger charge is 2.29. The minimum absolute atomic E-state index is 0.235. The van der Waals surface area contributed by atoms with Gasteiger partial charge < -0.3 is 10.2 Å². The van der Waals surface area contributed by atoms with E-state index < -0.39 is 0 Å². The summed E-state index contributed by atoms with van der Waals surface area (Å²) in [4.78, 5) is 3.89. The largest absolute Gasteiger partial charge is 0.380 e. The SMILES string of the molecule is CSc1ccc(NC2(C)CCN(C[C](C)C)CC2)cc1. The smallest absolute Gasteiger partial charge is 0.0370 e. The number of benzene rings is 1. The van der Waals surface area contributed by atoms with Crippen LogP contribution in [0.25, 0.3) is 0 Å². The van der Waals surface area contributed by atoms with Gasteiger partial charge in [0.25, 0.3) is 0 Å². The van der Waals surface area contributed by atoms with Crippen LogP contribution in [0.3, 0.4) is 0 Å². The van der Waals surface area contributed by atoms with Gasteiger partial charge in [0.05, 0.1) is 0 Å². The summed E-state index contributed by atoms with van der Waals surface area (Å²) in [6.45, 7) is 10.3. The molecule has 1 saturated heterocycles. The molecule has 0 amide bonds. The molecule has 1 aliphatic rings. The number of hydrogen-bond donors (Lipinski definition) is 1. The first kappa shape index (κ1) is 15.7. The van der Waals surface area contributed by atoms with Crippen molar-refractivity contribution in [2.45, 2.75) is 44.0 Å². The van der Waals surface area contributed by atoms with Gasteiger partial charge in [-0.2, -0.15) is 0 Å². The molecule has 1 aromatic rings. The zero-order valence-electron chi connectivity index (χ0n) is 13.2. The standard InChI is InChI=1S/C17H27N2S/c1-14(2)13-19-11-9-17(3,10-12-19)18-15-5-7-16(20-4)8-6-15/h5-8,18H,9-13H2,1-4H3. The van der Waals surface area contributed by atoms with E-state index in [0.29, 0.717) is 0 Å². The van der Waals surface area contributed by atoms with E-state index in [2.05, 4.69) is 61.5 Å². The van der Waals surface area contributed by atoms with Crippen molar-refractivity contribution in [2.75, 3.05) is 31.2 Å². The number of nitrogens with zero attached hydrogens (tertiary/aromatic N) is 1. The van der Waals surface area contributed by atoms with E-state index in [1.807, 2.05) is 0 Å². The Labute approximate surface area is 128 Å². The molecule has 0 bridgehead atoms. The molecule has 20 heavy (non-hydrogen) atoms. The van der Waals surface area contributed by atoms with E-state index in [0.717, 1.165) is 6.54 Å². The molecule has 111 valence electrons. The molecule has 0 aromatic heterocycles. The lowest BCUT2D eigenvalue weighted by molar-refractivity contribution is 0.188. The van der Waals surface area contributed by atoms with Crippen LogP contribution in [0.1, 0.15) is 33.6 Å². The van der Waals surface area contributed by atoms with Gasteiger partial charge >= 0.3 is 0 Å². The Morgan fingerprint density at radius 3 is 2.30 bits per heavy atom. The van der Waals surface area contributed by atoms with Crippen molar-refractivity contribution < 1.29 is 0 Å². The lowest BCUT2D eigenvalue weighted by Gasteiger charge is -2.41. The average Bonchev–Trinajstić information content (AvgIpc) is 2.42. The lowest BCUT2D eigenvalue weighted by Crippen LogP contribution is -2.47. The molecular weight excluding hydrogens is 264 g/mol. The van der Waals surface area contributed by atoms with Crippen LogP contribution in [0.4, 0.5) is 5.69 Å². The fourth-order valence-corrected chi connectivity index (χ4v) is 3.21. The number of anilines is 1. The first-order chi connectivity index (χ1) is 9.50. The van der Waals surface area contributed by atoms with Crippen molar-refractivity contribution in [1.82, 2.24) is 4.90 Å². The summed E-state index contributed by atoms with van der Waals surface area (Å²) in [6.07, 6.45) is 4.54. The molecule has 1 radical (unpaired) electrons. The summed E-state index contributed by atoms with van der Waals surface area (Å²) < 4.78 is 0. The van der Waals surface area contributed by atoms with Crippen LogP contribution in [0.15, 0.2) is 29.2 Å². The van der Waals surface area contributed by atoms with E-state index in [-0.39, 0.29) is 5.54 Å². The Hall–Kier alpha value is -0.670. The highest BCUT2D eigenvalue weighted by atomic mass is 32.2. The summed E-state index contributed by atoms with van der Waals surface area (Å²) >= 11 is 1.79. The van der Waals surface area contributed by atoms with E-state index >= 15 is 0 Å². The summed E-state index contributed by atoms with van der Waals surface area (Å²) in [7, 11) is 0. The van der Waals surface area contributed by atoms with Crippen molar-refractivity contribution >= 4 is 17.4 Å². The molecule has 2 rings (SSSR count). The zero-order valence-corrected chi connectivity index (χ0v) is 14.0. The number of thioether (sulfide) groups is 1. The number of likely N-dealkylation sites (tertiary alicyclic amines) is 1. The number of piperidine rings is 1. The Balaban J connectivity index is 1.89. The lowest BCUT2D eigenvalue weighted by atomic mass is 9.89. The molecule has 1 fully saturated rings. The monoisotopic (exact) mass is 291 g/mol. The zero-order chi connectivity index (χ0) is 14.6. The second-order valence-corrected chi connectivity index (χ2v) is 7.28. The van der Waals surface area contributed by atoms with Crippen molar-refractivity contribution in [3.05, 3.63) is 30.2 Å². The van der Waals surface area contributed by atoms with Crippen molar-refractivity contribution in [2.24, 2.45) is 0 Å². The number of nitrogens with one attached hydrogen (secondary N) is 1. The van der Waals surface area contributed by atoms with Crippen LogP contribution in [-0.4, -0.2) is 36.3 Å². The third-order valence-corrected chi connectivity index (χ3v) is 4.78. The molecule has 2 nitrogen and oxygen atoms in total. The van der Waals surface area contributed by atoms with E-state index in [1.54, 1.807) is 11.8 Å². The molecule has 0 aliphatic carbocycles. The average molecular weight is 291 g/mol. The second kappa shape index (κ2) is 6.86. The van der Waals surface area contributed by atoms with E-state index in [4.69, 9.17) is 0 Å². The Morgan fingerprint density at radius 1 is 1.20 bits per heavy atom. The summed E-state index contributed by atoms with van der Waals surface area (Å²) in [6, 6.07) is 8.79. The van der Waals surface area contributed by atoms with Gasteiger partial charge in [-0.25, -0.2) is 0 Å². The van der Waals surface area contributed by atoms with Crippen LogP contribution in [0, 0.1) is 5.92 Å². The topological polar surface area (TPSA) is 15.3 Å². The van der Waals surface area contributed by atoms with Crippen LogP contribution in [-0.2, 0) is 0 Å². The molecule has 0 atom stereocenters. The van der Waals surface area contributed by atoms with Crippen molar-refractivity contribution in [3.8, 4) is 0 Å². The van der Waals surface area contributed by atoms with Crippen LogP contribution < -0.4 is 5.32 Å². The van der Waals surface area contributed by atoms with E-state index in [1.165, 1.54) is 42.4 Å². The molecule has 1 heterocycles. The van der Waals surface area contributed by atoms with Gasteiger partial charge in [-0.05, 0) is 56.2 Å². The molecule has 1 aliphatic heterocycles. The van der Waals surface area contributed by atoms with Crippen LogP contribution >= 0.6 is 11.8 Å². The van der Waals surface area contributed by atoms with Gasteiger partial charge in [-0.15, -0.1) is 11.8 Å². The van der Waals surface area contributed by atoms with Crippen molar-refractivity contribution in [1.29, 1.82) is 0 Å². The van der Waals surface area contributed by atoms with Crippen LogP contribution in [0.5, 0.6) is 0 Å². The van der Waals surface area contributed by atoms with Crippen molar-refractivity contribution in [3.63, 3.8) is 0 Å². The Bertz CT molecular complexity index is 406. The summed E-state index contributed by atoms with van der Waals surface area (Å²) in [5.41, 5.74) is 1.48. The quantitative estimate of drug-likeness (QED) is 0.815. The van der Waals surface area contributed by atoms with Gasteiger partial charge in [0.1, 0.15) is 0 Å². The Kier molecular flexibility index (Phi) is 5.39. The maximum Gasteiger partial charge on any atom is 0.0370 e. The highest BCUT2D eigenvalue weighted by molar-refractivity contribution is 7.98. The normalized spacial score (nSPS) is 19.2. The minimum Gasteiger partial charge on any atom is -0.380 e. The van der Waals surface area contributed by atoms with Crippen LogP contribution in [0.2, 0.25) is 0 Å². The predicted molar refractivity (Wildman–Crippen MR) is 90.5 cm³/mol. The molecule has 1 N–H and O–H groups in total. The number of rotatable bonds is 5. The molecule has 1 aromatic carbocycles. The van der Waals surface area contributed by atoms with Gasteiger partial charge in [-0.3, -0.25) is 0 Å². The van der Waals surface area contributed by atoms with Gasteiger partial charge in [0.2, 0.25) is 0 Å². The molecule has 0 unspecified atom stereocenters. The highest BCUT2D eigenvalue weighted by Crippen LogP contribution is 2.28. The molecular formula is C17H27N2S. The van der Waals surface area contributed by atoms with Gasteiger partial charge in [0, 0.05) is 35.8 Å². The maximum atomic E-state index is 3.74. The predicted octanol–water partition coefficient (Wildman–Crippen LogP) is 4.29. The fraction of sp³-hybridized carbons (Fsp3) is 0.588. The Morgan fingerprint density at radius 2 is 1.80 bits per heavy atom. The number of hydrogen-bond acceptors (Lipinski definition) is 3. The first-order valence-corrected chi connectivity index (χ1v) is 8.67. The third-order valence-electron chi connectivity index (χ3n) is 4.04. The summed E-state index contributed by atoms with van der Waals surface area (Å²) in [5, 5.41) is 3.74. The molecule has 0 spiro atoms. The summed E-state index contributed by atoms with van der Waals surface area (Å²) in [5.74, 6) is 1.51. The van der Waals surface area contributed by atoms with Gasteiger partial charge in [0.15, 0.2) is 0 Å². The maximum absolute atomic E-state index is 3.74. The second-order valence-electron chi connectivity index (χ2n) is 6.40. The first-order valence-electron chi connectivity index (χ1n) is 7.44.